The molecule has 1 aromatic heterocycles. The Labute approximate surface area is 105 Å². The highest BCUT2D eigenvalue weighted by Crippen LogP contribution is 2.34. The fourth-order valence-corrected chi connectivity index (χ4v) is 1.94. The number of carboxylic acid groups (broad SMARTS) is 1. The summed E-state index contributed by atoms with van der Waals surface area (Å²) in [5.74, 6) is -0.879. The molecule has 18 heavy (non-hydrogen) atoms. The number of hydrogen-bond acceptors (Lipinski definition) is 3. The van der Waals surface area contributed by atoms with Gasteiger partial charge in [-0.15, -0.1) is 0 Å². The Morgan fingerprint density at radius 1 is 1.61 bits per heavy atom. The summed E-state index contributed by atoms with van der Waals surface area (Å²) in [5, 5.41) is 15.7. The fourth-order valence-electron chi connectivity index (χ4n) is 1.94. The summed E-state index contributed by atoms with van der Waals surface area (Å²) < 4.78 is 1.62. The number of nitrogens with zero attached hydrogens (tertiary/aromatic N) is 2. The minimum absolute atomic E-state index is 0.0256. The van der Waals surface area contributed by atoms with Crippen LogP contribution in [0.4, 0.5) is 0 Å². The second kappa shape index (κ2) is 4.80. The van der Waals surface area contributed by atoms with Crippen LogP contribution in [0.5, 0.6) is 0 Å². The highest BCUT2D eigenvalue weighted by molar-refractivity contribution is 5.92. The second-order valence-corrected chi connectivity index (χ2v) is 4.81. The van der Waals surface area contributed by atoms with Crippen LogP contribution in [0.3, 0.4) is 0 Å². The first kappa shape index (κ1) is 12.6. The van der Waals surface area contributed by atoms with Crippen LogP contribution in [0.25, 0.3) is 0 Å². The van der Waals surface area contributed by atoms with Crippen LogP contribution in [0.15, 0.2) is 6.07 Å². The average Bonchev–Trinajstić information content (AvgIpc) is 3.05. The van der Waals surface area contributed by atoms with Gasteiger partial charge in [0, 0.05) is 18.8 Å². The van der Waals surface area contributed by atoms with Gasteiger partial charge in [0.15, 0.2) is 0 Å². The third-order valence-electron chi connectivity index (χ3n) is 3.25. The topological polar surface area (TPSA) is 84.2 Å². The van der Waals surface area contributed by atoms with Crippen molar-refractivity contribution in [2.24, 2.45) is 13.0 Å². The molecule has 1 unspecified atom stereocenters. The van der Waals surface area contributed by atoms with Gasteiger partial charge in [-0.3, -0.25) is 14.3 Å². The first-order valence-electron chi connectivity index (χ1n) is 6.00. The third-order valence-corrected chi connectivity index (χ3v) is 3.25. The number of carbonyl (C=O) groups excluding carboxylic acids is 1. The minimum Gasteiger partial charge on any atom is -0.481 e. The number of hydrogen-bond donors (Lipinski definition) is 2. The lowest BCUT2D eigenvalue weighted by molar-refractivity contribution is -0.137. The molecule has 0 aliphatic heterocycles. The molecule has 2 N–H and O–H groups in total. The normalized spacial score (nSPS) is 16.3. The standard InChI is InChI=1S/C12H17N3O3/c1-7-5-10(14-15(7)2)12(18)13-9(6-11(16)17)8-3-4-8/h5,8-9H,3-4,6H2,1-2H3,(H,13,18)(H,16,17). The molecule has 1 aromatic rings. The Morgan fingerprint density at radius 2 is 2.28 bits per heavy atom. The molecule has 0 aromatic carbocycles. The number of aliphatic carboxylic acids is 1. The Hall–Kier alpha value is -1.85. The Balaban J connectivity index is 2.02. The molecule has 2 rings (SSSR count). The van der Waals surface area contributed by atoms with Crippen LogP contribution < -0.4 is 5.32 Å². The molecule has 0 spiro atoms. The molecule has 0 radical (unpaired) electrons. The molecule has 98 valence electrons. The number of amides is 1. The van der Waals surface area contributed by atoms with Gasteiger partial charge in [-0.1, -0.05) is 0 Å². The van der Waals surface area contributed by atoms with E-state index in [0.29, 0.717) is 11.6 Å². The number of nitrogens with one attached hydrogen (secondary N) is 1. The molecule has 1 fully saturated rings. The molecule has 0 bridgehead atoms. The molecule has 1 aliphatic rings. The van der Waals surface area contributed by atoms with Crippen molar-refractivity contribution in [2.75, 3.05) is 0 Å². The van der Waals surface area contributed by atoms with Crippen molar-refractivity contribution in [1.82, 2.24) is 15.1 Å². The summed E-state index contributed by atoms with van der Waals surface area (Å²) >= 11 is 0. The van der Waals surface area contributed by atoms with Gasteiger partial charge in [0.1, 0.15) is 5.69 Å². The van der Waals surface area contributed by atoms with E-state index >= 15 is 0 Å². The SMILES string of the molecule is Cc1cc(C(=O)NC(CC(=O)O)C2CC2)nn1C. The minimum atomic E-state index is -0.885. The van der Waals surface area contributed by atoms with Gasteiger partial charge in [0.25, 0.3) is 5.91 Å². The van der Waals surface area contributed by atoms with Crippen LogP contribution in [-0.4, -0.2) is 32.8 Å². The first-order chi connectivity index (χ1) is 8.47. The summed E-state index contributed by atoms with van der Waals surface area (Å²) in [6.45, 7) is 1.86. The van der Waals surface area contributed by atoms with E-state index in [2.05, 4.69) is 10.4 Å². The van der Waals surface area contributed by atoms with Gasteiger partial charge >= 0.3 is 5.97 Å². The molecular weight excluding hydrogens is 234 g/mol. The molecule has 6 nitrogen and oxygen atoms in total. The Bertz CT molecular complexity index is 457. The van der Waals surface area contributed by atoms with Crippen molar-refractivity contribution in [1.29, 1.82) is 0 Å². The van der Waals surface area contributed by atoms with E-state index in [9.17, 15) is 9.59 Å². The lowest BCUT2D eigenvalue weighted by Crippen LogP contribution is -2.38. The Kier molecular flexibility index (Phi) is 3.36. The van der Waals surface area contributed by atoms with Crippen LogP contribution in [0.1, 0.15) is 35.4 Å². The van der Waals surface area contributed by atoms with Crippen LogP contribution in [0, 0.1) is 12.8 Å². The van der Waals surface area contributed by atoms with E-state index < -0.39 is 5.97 Å². The van der Waals surface area contributed by atoms with Crippen molar-refractivity contribution < 1.29 is 14.7 Å². The first-order valence-corrected chi connectivity index (χ1v) is 6.00. The predicted molar refractivity (Wildman–Crippen MR) is 64.2 cm³/mol. The molecule has 1 heterocycles. The molecule has 1 aliphatic carbocycles. The number of aryl methyl sites for hydroxylation is 2. The maximum atomic E-state index is 12.0. The molecular formula is C12H17N3O3. The van der Waals surface area contributed by atoms with Gasteiger partial charge in [0.2, 0.25) is 0 Å². The summed E-state index contributed by atoms with van der Waals surface area (Å²) in [5.41, 5.74) is 1.23. The summed E-state index contributed by atoms with van der Waals surface area (Å²) in [7, 11) is 1.77. The summed E-state index contributed by atoms with van der Waals surface area (Å²) in [6, 6.07) is 1.41. The molecule has 1 atom stereocenters. The van der Waals surface area contributed by atoms with Gasteiger partial charge in [0.05, 0.1) is 6.42 Å². The number of aromatic nitrogens is 2. The van der Waals surface area contributed by atoms with Gasteiger partial charge < -0.3 is 10.4 Å². The van der Waals surface area contributed by atoms with E-state index in [1.54, 1.807) is 17.8 Å². The number of rotatable bonds is 5. The lowest BCUT2D eigenvalue weighted by Gasteiger charge is -2.15. The number of carboxylic acids is 1. The molecule has 1 amide bonds. The monoisotopic (exact) mass is 251 g/mol. The molecule has 0 saturated heterocycles. The Morgan fingerprint density at radius 3 is 2.72 bits per heavy atom. The second-order valence-electron chi connectivity index (χ2n) is 4.81. The molecule has 1 saturated carbocycles. The zero-order valence-corrected chi connectivity index (χ0v) is 10.5. The quantitative estimate of drug-likeness (QED) is 0.807. The van der Waals surface area contributed by atoms with Crippen molar-refractivity contribution in [2.45, 2.75) is 32.2 Å². The van der Waals surface area contributed by atoms with Crippen molar-refractivity contribution >= 4 is 11.9 Å². The van der Waals surface area contributed by atoms with E-state index in [4.69, 9.17) is 5.11 Å². The van der Waals surface area contributed by atoms with Crippen molar-refractivity contribution in [3.63, 3.8) is 0 Å². The van der Waals surface area contributed by atoms with E-state index in [1.165, 1.54) is 0 Å². The number of carbonyl (C=O) groups is 2. The third kappa shape index (κ3) is 2.88. The largest absolute Gasteiger partial charge is 0.481 e. The zero-order valence-electron chi connectivity index (χ0n) is 10.5. The average molecular weight is 251 g/mol. The van der Waals surface area contributed by atoms with Crippen molar-refractivity contribution in [3.8, 4) is 0 Å². The predicted octanol–water partition coefficient (Wildman–Crippen LogP) is 0.712. The van der Waals surface area contributed by atoms with Crippen LogP contribution in [-0.2, 0) is 11.8 Å². The maximum absolute atomic E-state index is 12.0. The maximum Gasteiger partial charge on any atom is 0.305 e. The van der Waals surface area contributed by atoms with E-state index in [0.717, 1.165) is 18.5 Å². The highest BCUT2D eigenvalue weighted by atomic mass is 16.4. The van der Waals surface area contributed by atoms with Gasteiger partial charge in [-0.25, -0.2) is 0 Å². The summed E-state index contributed by atoms with van der Waals surface area (Å²) in [4.78, 5) is 22.7. The van der Waals surface area contributed by atoms with Crippen LogP contribution in [0.2, 0.25) is 0 Å². The van der Waals surface area contributed by atoms with Crippen molar-refractivity contribution in [3.05, 3.63) is 17.5 Å². The highest BCUT2D eigenvalue weighted by Gasteiger charge is 2.34. The van der Waals surface area contributed by atoms with Gasteiger partial charge in [-0.05, 0) is 31.7 Å². The lowest BCUT2D eigenvalue weighted by atomic mass is 10.1. The zero-order chi connectivity index (χ0) is 13.3. The molecule has 6 heteroatoms. The van der Waals surface area contributed by atoms with E-state index in [1.807, 2.05) is 6.92 Å². The summed E-state index contributed by atoms with van der Waals surface area (Å²) in [6.07, 6.45) is 1.95. The van der Waals surface area contributed by atoms with E-state index in [-0.39, 0.29) is 18.4 Å². The smallest absolute Gasteiger partial charge is 0.305 e. The van der Waals surface area contributed by atoms with Crippen LogP contribution >= 0.6 is 0 Å². The van der Waals surface area contributed by atoms with Gasteiger partial charge in [-0.2, -0.15) is 5.10 Å². The fraction of sp³-hybridized carbons (Fsp3) is 0.583.